The van der Waals surface area contributed by atoms with Gasteiger partial charge in [-0.25, -0.2) is 0 Å². The molecule has 0 aromatic heterocycles. The van der Waals surface area contributed by atoms with E-state index in [1.807, 2.05) is 25.1 Å². The van der Waals surface area contributed by atoms with E-state index in [1.54, 1.807) is 0 Å². The molecule has 0 aliphatic heterocycles. The lowest BCUT2D eigenvalue weighted by molar-refractivity contribution is 0.0911. The Morgan fingerprint density at radius 2 is 2.00 bits per heavy atom. The van der Waals surface area contributed by atoms with Crippen molar-refractivity contribution in [2.75, 3.05) is 5.43 Å². The van der Waals surface area contributed by atoms with Crippen LogP contribution >= 0.6 is 0 Å². The highest BCUT2D eigenvalue weighted by atomic mass is 16.1. The second-order valence-electron chi connectivity index (χ2n) is 6.13. The maximum absolute atomic E-state index is 12.4. The van der Waals surface area contributed by atoms with Gasteiger partial charge in [0, 0.05) is 6.04 Å². The van der Waals surface area contributed by atoms with Crippen LogP contribution in [0, 0.1) is 18.8 Å². The molecule has 1 fully saturated rings. The standard InChI is InChI=1S/C16H25N3O/c1-10-4-7-15(19-17)14(8-10)16(20)18-13-6-5-11(2)12(3)9-13/h4,7-8,11-13,19H,5-6,9,17H2,1-3H3,(H,18,20). The lowest BCUT2D eigenvalue weighted by Gasteiger charge is -2.32. The summed E-state index contributed by atoms with van der Waals surface area (Å²) in [6.07, 6.45) is 3.31. The van der Waals surface area contributed by atoms with Gasteiger partial charge in [0.1, 0.15) is 0 Å². The fourth-order valence-electron chi connectivity index (χ4n) is 2.91. The van der Waals surface area contributed by atoms with Gasteiger partial charge < -0.3 is 10.7 Å². The number of hydrogen-bond acceptors (Lipinski definition) is 3. The van der Waals surface area contributed by atoms with Crippen LogP contribution in [-0.2, 0) is 0 Å². The quantitative estimate of drug-likeness (QED) is 0.587. The van der Waals surface area contributed by atoms with Crippen molar-refractivity contribution in [1.29, 1.82) is 0 Å². The van der Waals surface area contributed by atoms with E-state index in [2.05, 4.69) is 24.6 Å². The smallest absolute Gasteiger partial charge is 0.253 e. The molecule has 1 aromatic rings. The summed E-state index contributed by atoms with van der Waals surface area (Å²) < 4.78 is 0. The summed E-state index contributed by atoms with van der Waals surface area (Å²) in [6, 6.07) is 5.94. The zero-order valence-electron chi connectivity index (χ0n) is 12.6. The van der Waals surface area contributed by atoms with Gasteiger partial charge >= 0.3 is 0 Å². The molecule has 0 bridgehead atoms. The fraction of sp³-hybridized carbons (Fsp3) is 0.562. The van der Waals surface area contributed by atoms with Crippen LogP contribution < -0.4 is 16.6 Å². The van der Waals surface area contributed by atoms with Crippen LogP contribution in [0.2, 0.25) is 0 Å². The average molecular weight is 275 g/mol. The number of hydrazine groups is 1. The van der Waals surface area contributed by atoms with E-state index in [-0.39, 0.29) is 11.9 Å². The minimum Gasteiger partial charge on any atom is -0.349 e. The van der Waals surface area contributed by atoms with Gasteiger partial charge in [0.25, 0.3) is 5.91 Å². The molecule has 1 aliphatic carbocycles. The van der Waals surface area contributed by atoms with Gasteiger partial charge in [0.05, 0.1) is 11.3 Å². The lowest BCUT2D eigenvalue weighted by atomic mass is 9.79. The first kappa shape index (κ1) is 14.9. The molecule has 1 aliphatic rings. The number of rotatable bonds is 3. The van der Waals surface area contributed by atoms with Crippen LogP contribution in [-0.4, -0.2) is 11.9 Å². The van der Waals surface area contributed by atoms with Crippen molar-refractivity contribution in [3.8, 4) is 0 Å². The summed E-state index contributed by atoms with van der Waals surface area (Å²) in [6.45, 7) is 6.53. The second-order valence-corrected chi connectivity index (χ2v) is 6.13. The van der Waals surface area contributed by atoms with Crippen LogP contribution in [0.5, 0.6) is 0 Å². The topological polar surface area (TPSA) is 67.1 Å². The maximum atomic E-state index is 12.4. The van der Waals surface area contributed by atoms with Gasteiger partial charge in [-0.15, -0.1) is 0 Å². The number of amides is 1. The first-order valence-electron chi connectivity index (χ1n) is 7.39. The number of carbonyl (C=O) groups excluding carboxylic acids is 1. The van der Waals surface area contributed by atoms with Gasteiger partial charge in [0.15, 0.2) is 0 Å². The third-order valence-electron chi connectivity index (χ3n) is 4.51. The zero-order valence-corrected chi connectivity index (χ0v) is 12.6. The summed E-state index contributed by atoms with van der Waals surface area (Å²) in [7, 11) is 0. The van der Waals surface area contributed by atoms with Crippen molar-refractivity contribution in [3.63, 3.8) is 0 Å². The maximum Gasteiger partial charge on any atom is 0.253 e. The van der Waals surface area contributed by atoms with Crippen LogP contribution in [0.15, 0.2) is 18.2 Å². The lowest BCUT2D eigenvalue weighted by Crippen LogP contribution is -2.40. The molecular formula is C16H25N3O. The van der Waals surface area contributed by atoms with E-state index in [4.69, 9.17) is 5.84 Å². The molecule has 0 saturated heterocycles. The molecule has 3 atom stereocenters. The third kappa shape index (κ3) is 3.31. The van der Waals surface area contributed by atoms with E-state index in [9.17, 15) is 4.79 Å². The molecule has 20 heavy (non-hydrogen) atoms. The monoisotopic (exact) mass is 275 g/mol. The minimum absolute atomic E-state index is 0.0339. The molecule has 1 amide bonds. The van der Waals surface area contributed by atoms with Gasteiger partial charge in [0.2, 0.25) is 0 Å². The van der Waals surface area contributed by atoms with Crippen molar-refractivity contribution in [3.05, 3.63) is 29.3 Å². The molecule has 1 aromatic carbocycles. The van der Waals surface area contributed by atoms with Crippen molar-refractivity contribution >= 4 is 11.6 Å². The molecule has 0 heterocycles. The number of anilines is 1. The van der Waals surface area contributed by atoms with Gasteiger partial charge in [-0.2, -0.15) is 0 Å². The van der Waals surface area contributed by atoms with E-state index >= 15 is 0 Å². The van der Waals surface area contributed by atoms with Crippen LogP contribution in [0.4, 0.5) is 5.69 Å². The summed E-state index contributed by atoms with van der Waals surface area (Å²) in [5.41, 5.74) is 4.95. The highest BCUT2D eigenvalue weighted by Gasteiger charge is 2.26. The molecular weight excluding hydrogens is 250 g/mol. The molecule has 3 unspecified atom stereocenters. The summed E-state index contributed by atoms with van der Waals surface area (Å²) in [4.78, 5) is 12.4. The van der Waals surface area contributed by atoms with Crippen LogP contribution in [0.25, 0.3) is 0 Å². The first-order valence-corrected chi connectivity index (χ1v) is 7.39. The number of nitrogens with two attached hydrogens (primary N) is 1. The number of aryl methyl sites for hydroxylation is 1. The highest BCUT2D eigenvalue weighted by Crippen LogP contribution is 2.29. The van der Waals surface area contributed by atoms with Gasteiger partial charge in [-0.1, -0.05) is 25.5 Å². The number of benzene rings is 1. The molecule has 4 nitrogen and oxygen atoms in total. The molecule has 2 rings (SSSR count). The Hall–Kier alpha value is -1.55. The Labute approximate surface area is 121 Å². The highest BCUT2D eigenvalue weighted by molar-refractivity contribution is 5.99. The van der Waals surface area contributed by atoms with Crippen molar-refractivity contribution in [2.45, 2.75) is 46.1 Å². The average Bonchev–Trinajstić information content (AvgIpc) is 2.43. The molecule has 0 spiro atoms. The largest absolute Gasteiger partial charge is 0.349 e. The Kier molecular flexibility index (Phi) is 4.65. The molecule has 4 heteroatoms. The van der Waals surface area contributed by atoms with E-state index < -0.39 is 0 Å². The first-order chi connectivity index (χ1) is 9.51. The molecule has 110 valence electrons. The van der Waals surface area contributed by atoms with E-state index in [0.717, 1.165) is 24.3 Å². The Morgan fingerprint density at radius 1 is 1.25 bits per heavy atom. The number of hydrogen-bond donors (Lipinski definition) is 3. The van der Waals surface area contributed by atoms with E-state index in [0.29, 0.717) is 17.2 Å². The minimum atomic E-state index is -0.0339. The Morgan fingerprint density at radius 3 is 2.65 bits per heavy atom. The van der Waals surface area contributed by atoms with Crippen LogP contribution in [0.3, 0.4) is 0 Å². The number of nitrogen functional groups attached to an aromatic ring is 1. The summed E-state index contributed by atoms with van der Waals surface area (Å²) >= 11 is 0. The normalized spacial score (nSPS) is 26.1. The van der Waals surface area contributed by atoms with E-state index in [1.165, 1.54) is 6.42 Å². The number of nitrogens with one attached hydrogen (secondary N) is 2. The number of carbonyl (C=O) groups is 1. The Bertz CT molecular complexity index is 487. The van der Waals surface area contributed by atoms with Gasteiger partial charge in [-0.05, 0) is 50.2 Å². The zero-order chi connectivity index (χ0) is 14.7. The predicted molar refractivity (Wildman–Crippen MR) is 82.4 cm³/mol. The molecule has 1 saturated carbocycles. The molecule has 4 N–H and O–H groups in total. The summed E-state index contributed by atoms with van der Waals surface area (Å²) in [5.74, 6) is 6.87. The third-order valence-corrected chi connectivity index (χ3v) is 4.51. The van der Waals surface area contributed by atoms with Crippen molar-refractivity contribution in [2.24, 2.45) is 17.7 Å². The SMILES string of the molecule is Cc1ccc(NN)c(C(=O)NC2CCC(C)C(C)C2)c1. The summed E-state index contributed by atoms with van der Waals surface area (Å²) in [5, 5.41) is 3.15. The predicted octanol–water partition coefficient (Wildman–Crippen LogP) is 2.84. The van der Waals surface area contributed by atoms with Gasteiger partial charge in [-0.3, -0.25) is 10.6 Å². The van der Waals surface area contributed by atoms with Crippen molar-refractivity contribution in [1.82, 2.24) is 5.32 Å². The fourth-order valence-corrected chi connectivity index (χ4v) is 2.91. The van der Waals surface area contributed by atoms with Crippen molar-refractivity contribution < 1.29 is 4.79 Å². The van der Waals surface area contributed by atoms with Crippen LogP contribution in [0.1, 0.15) is 49.0 Å². The Balaban J connectivity index is 2.07. The second kappa shape index (κ2) is 6.27. The molecule has 0 radical (unpaired) electrons.